The molecule has 6 heteroatoms. The smallest absolute Gasteiger partial charge is 0.336 e. The predicted octanol–water partition coefficient (Wildman–Crippen LogP) is 2.44. The lowest BCUT2D eigenvalue weighted by Gasteiger charge is -2.09. The summed E-state index contributed by atoms with van der Waals surface area (Å²) in [5.41, 5.74) is -0.934. The number of carbonyl (C=O) groups excluding carboxylic acids is 1. The largest absolute Gasteiger partial charge is 0.478 e. The highest BCUT2D eigenvalue weighted by atomic mass is 19.2. The van der Waals surface area contributed by atoms with Crippen LogP contribution in [-0.4, -0.2) is 23.5 Å². The van der Waals surface area contributed by atoms with Crippen LogP contribution in [0.1, 0.15) is 41.0 Å². The Morgan fingerprint density at radius 2 is 1.74 bits per heavy atom. The molecule has 0 unspecified atom stereocenters. The molecule has 1 aromatic rings. The average Bonchev–Trinajstić information content (AvgIpc) is 2.31. The summed E-state index contributed by atoms with van der Waals surface area (Å²) >= 11 is 0. The van der Waals surface area contributed by atoms with E-state index < -0.39 is 29.1 Å². The summed E-state index contributed by atoms with van der Waals surface area (Å²) in [6.07, 6.45) is 0.706. The predicted molar refractivity (Wildman–Crippen MR) is 65.1 cm³/mol. The van der Waals surface area contributed by atoms with Gasteiger partial charge in [0.05, 0.1) is 11.1 Å². The van der Waals surface area contributed by atoms with Crippen LogP contribution >= 0.6 is 0 Å². The maximum absolute atomic E-state index is 13.1. The van der Waals surface area contributed by atoms with E-state index in [0.29, 0.717) is 31.0 Å². The molecule has 0 aliphatic carbocycles. The number of carbonyl (C=O) groups is 2. The minimum absolute atomic E-state index is 0.342. The first-order chi connectivity index (χ1) is 8.82. The van der Waals surface area contributed by atoms with Gasteiger partial charge >= 0.3 is 5.97 Å². The van der Waals surface area contributed by atoms with Crippen molar-refractivity contribution >= 4 is 11.9 Å². The Labute approximate surface area is 109 Å². The van der Waals surface area contributed by atoms with Crippen LogP contribution in [0.2, 0.25) is 0 Å². The fraction of sp³-hybridized carbons (Fsp3) is 0.385. The van der Waals surface area contributed by atoms with Gasteiger partial charge in [0.25, 0.3) is 5.91 Å². The molecule has 0 saturated heterocycles. The van der Waals surface area contributed by atoms with Gasteiger partial charge in [-0.25, -0.2) is 13.6 Å². The molecule has 0 saturated carbocycles. The van der Waals surface area contributed by atoms with E-state index in [1.807, 2.05) is 13.8 Å². The first kappa shape index (κ1) is 15.1. The van der Waals surface area contributed by atoms with Crippen LogP contribution in [0.25, 0.3) is 0 Å². The summed E-state index contributed by atoms with van der Waals surface area (Å²) in [7, 11) is 0. The second-order valence-corrected chi connectivity index (χ2v) is 4.56. The first-order valence-electron chi connectivity index (χ1n) is 5.83. The number of hydrogen-bond donors (Lipinski definition) is 2. The Morgan fingerprint density at radius 1 is 1.21 bits per heavy atom. The highest BCUT2D eigenvalue weighted by Crippen LogP contribution is 2.15. The summed E-state index contributed by atoms with van der Waals surface area (Å²) in [6.45, 7) is 4.27. The lowest BCUT2D eigenvalue weighted by atomic mass is 10.1. The van der Waals surface area contributed by atoms with Crippen LogP contribution < -0.4 is 5.32 Å². The molecule has 0 heterocycles. The van der Waals surface area contributed by atoms with Crippen molar-refractivity contribution in [2.75, 3.05) is 6.54 Å². The fourth-order valence-corrected chi connectivity index (χ4v) is 1.48. The van der Waals surface area contributed by atoms with Crippen LogP contribution in [-0.2, 0) is 0 Å². The van der Waals surface area contributed by atoms with Gasteiger partial charge in [0.15, 0.2) is 11.6 Å². The van der Waals surface area contributed by atoms with Gasteiger partial charge in [-0.1, -0.05) is 13.8 Å². The number of halogens is 2. The summed E-state index contributed by atoms with van der Waals surface area (Å²) in [5, 5.41) is 11.4. The normalized spacial score (nSPS) is 10.6. The highest BCUT2D eigenvalue weighted by molar-refractivity contribution is 6.04. The Bertz CT molecular complexity index is 501. The molecule has 0 aromatic heterocycles. The van der Waals surface area contributed by atoms with E-state index in [4.69, 9.17) is 5.11 Å². The van der Waals surface area contributed by atoms with Gasteiger partial charge in [-0.2, -0.15) is 0 Å². The van der Waals surface area contributed by atoms with Crippen molar-refractivity contribution in [3.8, 4) is 0 Å². The molecule has 1 amide bonds. The molecular formula is C13H15F2NO3. The van der Waals surface area contributed by atoms with Crippen molar-refractivity contribution in [3.05, 3.63) is 34.9 Å². The molecule has 2 N–H and O–H groups in total. The number of amides is 1. The number of carboxylic acid groups (broad SMARTS) is 1. The van der Waals surface area contributed by atoms with Gasteiger partial charge in [-0.15, -0.1) is 0 Å². The topological polar surface area (TPSA) is 66.4 Å². The lowest BCUT2D eigenvalue weighted by Crippen LogP contribution is -2.27. The molecule has 104 valence electrons. The monoisotopic (exact) mass is 271 g/mol. The van der Waals surface area contributed by atoms with Gasteiger partial charge < -0.3 is 10.4 Å². The van der Waals surface area contributed by atoms with Crippen molar-refractivity contribution in [3.63, 3.8) is 0 Å². The number of rotatable bonds is 5. The van der Waals surface area contributed by atoms with Gasteiger partial charge in [0, 0.05) is 6.54 Å². The van der Waals surface area contributed by atoms with Gasteiger partial charge in [-0.3, -0.25) is 4.79 Å². The zero-order valence-corrected chi connectivity index (χ0v) is 10.7. The van der Waals surface area contributed by atoms with E-state index in [1.54, 1.807) is 0 Å². The van der Waals surface area contributed by atoms with Crippen molar-refractivity contribution in [2.24, 2.45) is 5.92 Å². The molecule has 0 atom stereocenters. The number of hydrogen-bond acceptors (Lipinski definition) is 2. The molecule has 1 rings (SSSR count). The minimum Gasteiger partial charge on any atom is -0.478 e. The Morgan fingerprint density at radius 3 is 2.21 bits per heavy atom. The van der Waals surface area contributed by atoms with Crippen LogP contribution in [0.5, 0.6) is 0 Å². The van der Waals surface area contributed by atoms with E-state index >= 15 is 0 Å². The van der Waals surface area contributed by atoms with Crippen molar-refractivity contribution in [1.29, 1.82) is 0 Å². The molecule has 0 bridgehead atoms. The number of nitrogens with one attached hydrogen (secondary N) is 1. The van der Waals surface area contributed by atoms with E-state index in [-0.39, 0.29) is 5.56 Å². The third-order valence-electron chi connectivity index (χ3n) is 2.54. The van der Waals surface area contributed by atoms with Gasteiger partial charge in [0.2, 0.25) is 0 Å². The van der Waals surface area contributed by atoms with Gasteiger partial charge in [-0.05, 0) is 24.5 Å². The zero-order valence-electron chi connectivity index (χ0n) is 10.7. The molecular weight excluding hydrogens is 256 g/mol. The maximum Gasteiger partial charge on any atom is 0.336 e. The zero-order chi connectivity index (χ0) is 14.6. The van der Waals surface area contributed by atoms with Crippen molar-refractivity contribution < 1.29 is 23.5 Å². The summed E-state index contributed by atoms with van der Waals surface area (Å²) in [6, 6.07) is 1.11. The van der Waals surface area contributed by atoms with E-state index in [0.717, 1.165) is 0 Å². The van der Waals surface area contributed by atoms with Crippen LogP contribution in [0.15, 0.2) is 12.1 Å². The van der Waals surface area contributed by atoms with E-state index in [2.05, 4.69) is 5.32 Å². The van der Waals surface area contributed by atoms with Crippen molar-refractivity contribution in [1.82, 2.24) is 5.32 Å². The number of aromatic carboxylic acids is 1. The molecule has 0 spiro atoms. The summed E-state index contributed by atoms with van der Waals surface area (Å²) in [5.74, 6) is -4.39. The second-order valence-electron chi connectivity index (χ2n) is 4.56. The second kappa shape index (κ2) is 6.26. The number of benzene rings is 1. The third kappa shape index (κ3) is 4.01. The molecule has 0 fully saturated rings. The van der Waals surface area contributed by atoms with Crippen LogP contribution in [0.4, 0.5) is 8.78 Å². The Balaban J connectivity index is 2.95. The van der Waals surface area contributed by atoms with Gasteiger partial charge in [0.1, 0.15) is 0 Å². The Hall–Kier alpha value is -1.98. The summed E-state index contributed by atoms with van der Waals surface area (Å²) < 4.78 is 26.1. The molecule has 0 aliphatic rings. The number of carboxylic acids is 1. The fourth-order valence-electron chi connectivity index (χ4n) is 1.48. The lowest BCUT2D eigenvalue weighted by molar-refractivity contribution is 0.0690. The van der Waals surface area contributed by atoms with Crippen LogP contribution in [0, 0.1) is 17.6 Å². The molecule has 19 heavy (non-hydrogen) atoms. The SMILES string of the molecule is CC(C)CCNC(=O)c1cc(F)c(F)cc1C(=O)O. The Kier molecular flexibility index (Phi) is 4.97. The molecule has 0 radical (unpaired) electrons. The molecule has 0 aliphatic heterocycles. The van der Waals surface area contributed by atoms with E-state index in [9.17, 15) is 18.4 Å². The third-order valence-corrected chi connectivity index (χ3v) is 2.54. The van der Waals surface area contributed by atoms with Crippen LogP contribution in [0.3, 0.4) is 0 Å². The first-order valence-corrected chi connectivity index (χ1v) is 5.83. The molecule has 4 nitrogen and oxygen atoms in total. The highest BCUT2D eigenvalue weighted by Gasteiger charge is 2.20. The average molecular weight is 271 g/mol. The maximum atomic E-state index is 13.1. The van der Waals surface area contributed by atoms with Crippen molar-refractivity contribution in [2.45, 2.75) is 20.3 Å². The quantitative estimate of drug-likeness (QED) is 0.864. The molecule has 1 aromatic carbocycles. The summed E-state index contributed by atoms with van der Waals surface area (Å²) in [4.78, 5) is 22.7. The minimum atomic E-state index is -1.48. The van der Waals surface area contributed by atoms with E-state index in [1.165, 1.54) is 0 Å². The standard InChI is InChI=1S/C13H15F2NO3/c1-7(2)3-4-16-12(17)8-5-10(14)11(15)6-9(8)13(18)19/h5-7H,3-4H2,1-2H3,(H,16,17)(H,18,19).